The second-order valence-corrected chi connectivity index (χ2v) is 7.15. The summed E-state index contributed by atoms with van der Waals surface area (Å²) in [7, 11) is 0. The highest BCUT2D eigenvalue weighted by molar-refractivity contribution is 5.85. The summed E-state index contributed by atoms with van der Waals surface area (Å²) in [6.45, 7) is 0. The van der Waals surface area contributed by atoms with E-state index in [1.807, 2.05) is 6.08 Å². The first-order chi connectivity index (χ1) is 13.0. The number of fused-ring (bicyclic) bond motifs is 1. The van der Waals surface area contributed by atoms with Crippen LogP contribution in [0, 0.1) is 5.92 Å². The molecule has 1 aliphatic rings. The Morgan fingerprint density at radius 3 is 2.50 bits per heavy atom. The third kappa shape index (κ3) is 4.41. The van der Waals surface area contributed by atoms with Crippen LogP contribution in [-0.2, 0) is 6.18 Å². The molecule has 0 spiro atoms. The monoisotopic (exact) mass is 406 g/mol. The molecule has 1 aliphatic carbocycles. The molecule has 0 bridgehead atoms. The summed E-state index contributed by atoms with van der Waals surface area (Å²) in [5, 5.41) is 0. The first-order valence-corrected chi connectivity index (χ1v) is 9.35. The number of H-pyrrole nitrogens is 1. The van der Waals surface area contributed by atoms with E-state index in [4.69, 9.17) is 0 Å². The Labute approximate surface area is 168 Å². The minimum atomic E-state index is -4.38. The number of nitrogens with one attached hydrogen (secondary N) is 1. The predicted octanol–water partition coefficient (Wildman–Crippen LogP) is 7.26. The molecule has 28 heavy (non-hydrogen) atoms. The van der Waals surface area contributed by atoms with Gasteiger partial charge in [-0.3, -0.25) is 0 Å². The van der Waals surface area contributed by atoms with Crippen molar-refractivity contribution in [2.45, 2.75) is 38.3 Å². The maximum atomic E-state index is 13.3. The van der Waals surface area contributed by atoms with E-state index in [1.54, 1.807) is 24.3 Å². The van der Waals surface area contributed by atoms with Crippen LogP contribution >= 0.6 is 12.4 Å². The van der Waals surface area contributed by atoms with Gasteiger partial charge in [0.1, 0.15) is 5.82 Å². The first kappa shape index (κ1) is 20.5. The number of aromatic amines is 1. The van der Waals surface area contributed by atoms with Gasteiger partial charge >= 0.3 is 6.18 Å². The van der Waals surface area contributed by atoms with Crippen LogP contribution in [0.15, 0.2) is 48.5 Å². The molecule has 148 valence electrons. The lowest BCUT2D eigenvalue weighted by molar-refractivity contribution is -0.137. The Hall–Kier alpha value is -2.27. The fraction of sp³-hybridized carbons (Fsp3) is 0.318. The average molecular weight is 407 g/mol. The molecule has 2 nitrogen and oxygen atoms in total. The van der Waals surface area contributed by atoms with E-state index in [2.05, 4.69) is 16.0 Å². The SMILES string of the molecule is Cl.FC(F)(F)c1ccccc1-c1ccc2nc(C=CC3CCCCC3)[nH]c2c1. The molecule has 2 aromatic carbocycles. The van der Waals surface area contributed by atoms with Crippen LogP contribution in [0.2, 0.25) is 0 Å². The van der Waals surface area contributed by atoms with Crippen LogP contribution in [0.5, 0.6) is 0 Å². The third-order valence-electron chi connectivity index (χ3n) is 5.22. The molecule has 1 saturated carbocycles. The topological polar surface area (TPSA) is 28.7 Å². The highest BCUT2D eigenvalue weighted by Crippen LogP contribution is 2.37. The quantitative estimate of drug-likeness (QED) is 0.487. The van der Waals surface area contributed by atoms with E-state index in [9.17, 15) is 13.2 Å². The molecular weight excluding hydrogens is 385 g/mol. The van der Waals surface area contributed by atoms with Gasteiger partial charge in [-0.1, -0.05) is 49.6 Å². The summed E-state index contributed by atoms with van der Waals surface area (Å²) in [4.78, 5) is 7.76. The number of nitrogens with zero attached hydrogens (tertiary/aromatic N) is 1. The molecular formula is C22H22ClF3N2. The molecule has 0 radical (unpaired) electrons. The molecule has 0 unspecified atom stereocenters. The van der Waals surface area contributed by atoms with Crippen molar-refractivity contribution in [3.8, 4) is 11.1 Å². The Bertz CT molecular complexity index is 969. The zero-order chi connectivity index (χ0) is 18.9. The number of rotatable bonds is 3. The van der Waals surface area contributed by atoms with Crippen LogP contribution in [-0.4, -0.2) is 9.97 Å². The van der Waals surface area contributed by atoms with E-state index in [0.717, 1.165) is 22.9 Å². The average Bonchev–Trinajstić information content (AvgIpc) is 3.08. The van der Waals surface area contributed by atoms with Crippen LogP contribution in [0.4, 0.5) is 13.2 Å². The number of aromatic nitrogens is 2. The van der Waals surface area contributed by atoms with Crippen LogP contribution in [0.25, 0.3) is 28.2 Å². The largest absolute Gasteiger partial charge is 0.417 e. The molecule has 0 aliphatic heterocycles. The van der Waals surface area contributed by atoms with Gasteiger partial charge in [0.2, 0.25) is 0 Å². The van der Waals surface area contributed by atoms with Gasteiger partial charge in [-0.15, -0.1) is 12.4 Å². The molecule has 0 atom stereocenters. The lowest BCUT2D eigenvalue weighted by Gasteiger charge is -2.17. The van der Waals surface area contributed by atoms with E-state index in [0.29, 0.717) is 11.5 Å². The molecule has 3 aromatic rings. The number of alkyl halides is 3. The normalized spacial score (nSPS) is 15.8. The second-order valence-electron chi connectivity index (χ2n) is 7.15. The number of imidazole rings is 1. The van der Waals surface area contributed by atoms with Crippen LogP contribution in [0.3, 0.4) is 0 Å². The number of allylic oxidation sites excluding steroid dienone is 1. The van der Waals surface area contributed by atoms with Gasteiger partial charge in [-0.25, -0.2) is 4.98 Å². The third-order valence-corrected chi connectivity index (χ3v) is 5.22. The number of halogens is 4. The minimum Gasteiger partial charge on any atom is -0.338 e. The molecule has 0 saturated heterocycles. The molecule has 1 heterocycles. The van der Waals surface area contributed by atoms with E-state index >= 15 is 0 Å². The molecule has 1 aromatic heterocycles. The zero-order valence-electron chi connectivity index (χ0n) is 15.3. The van der Waals surface area contributed by atoms with Gasteiger partial charge in [-0.2, -0.15) is 13.2 Å². The Balaban J connectivity index is 0.00000225. The summed E-state index contributed by atoms with van der Waals surface area (Å²) in [6, 6.07) is 10.9. The number of hydrogen-bond acceptors (Lipinski definition) is 1. The van der Waals surface area contributed by atoms with Gasteiger partial charge in [0.15, 0.2) is 0 Å². The Morgan fingerprint density at radius 2 is 1.75 bits per heavy atom. The number of hydrogen-bond donors (Lipinski definition) is 1. The fourth-order valence-corrected chi connectivity index (χ4v) is 3.81. The molecule has 4 rings (SSSR count). The second kappa shape index (κ2) is 8.39. The first-order valence-electron chi connectivity index (χ1n) is 9.35. The van der Waals surface area contributed by atoms with Crippen molar-refractivity contribution in [1.29, 1.82) is 0 Å². The van der Waals surface area contributed by atoms with Gasteiger partial charge in [-0.05, 0) is 54.2 Å². The molecule has 0 amide bonds. The number of benzene rings is 2. The predicted molar refractivity (Wildman–Crippen MR) is 109 cm³/mol. The zero-order valence-corrected chi connectivity index (χ0v) is 16.1. The minimum absolute atomic E-state index is 0. The van der Waals surface area contributed by atoms with Crippen molar-refractivity contribution in [3.63, 3.8) is 0 Å². The lowest BCUT2D eigenvalue weighted by Crippen LogP contribution is -2.06. The molecule has 1 N–H and O–H groups in total. The van der Waals surface area contributed by atoms with Crippen LogP contribution < -0.4 is 0 Å². The van der Waals surface area contributed by atoms with Gasteiger partial charge in [0.05, 0.1) is 16.6 Å². The summed E-state index contributed by atoms with van der Waals surface area (Å²) < 4.78 is 39.9. The highest BCUT2D eigenvalue weighted by Gasteiger charge is 2.33. The van der Waals surface area contributed by atoms with Crippen molar-refractivity contribution < 1.29 is 13.2 Å². The van der Waals surface area contributed by atoms with Crippen molar-refractivity contribution in [1.82, 2.24) is 9.97 Å². The maximum absolute atomic E-state index is 13.3. The maximum Gasteiger partial charge on any atom is 0.417 e. The van der Waals surface area contributed by atoms with Gasteiger partial charge < -0.3 is 4.98 Å². The summed E-state index contributed by atoms with van der Waals surface area (Å²) >= 11 is 0. The van der Waals surface area contributed by atoms with E-state index in [1.165, 1.54) is 44.2 Å². The Kier molecular flexibility index (Phi) is 6.14. The summed E-state index contributed by atoms with van der Waals surface area (Å²) in [5.41, 5.74) is 1.59. The van der Waals surface area contributed by atoms with Gasteiger partial charge in [0, 0.05) is 0 Å². The lowest BCUT2D eigenvalue weighted by atomic mass is 9.89. The molecule has 6 heteroatoms. The van der Waals surface area contributed by atoms with E-state index < -0.39 is 11.7 Å². The molecule has 1 fully saturated rings. The summed E-state index contributed by atoms with van der Waals surface area (Å²) in [6.07, 6.45) is 6.12. The van der Waals surface area contributed by atoms with Gasteiger partial charge in [0.25, 0.3) is 0 Å². The van der Waals surface area contributed by atoms with Crippen molar-refractivity contribution in [3.05, 3.63) is 59.9 Å². The standard InChI is InChI=1S/C22H21F3N2.ClH/c23-22(24,25)18-9-5-4-8-17(18)16-11-12-19-20(14-16)27-21(26-19)13-10-15-6-2-1-3-7-15;/h4-5,8-15H,1-3,6-7H2,(H,26,27);1H. The smallest absolute Gasteiger partial charge is 0.338 e. The van der Waals surface area contributed by atoms with Crippen LogP contribution in [0.1, 0.15) is 43.5 Å². The Morgan fingerprint density at radius 1 is 1.00 bits per heavy atom. The highest BCUT2D eigenvalue weighted by atomic mass is 35.5. The van der Waals surface area contributed by atoms with E-state index in [-0.39, 0.29) is 18.0 Å². The van der Waals surface area contributed by atoms with Crippen molar-refractivity contribution in [2.75, 3.05) is 0 Å². The fourth-order valence-electron chi connectivity index (χ4n) is 3.81. The van der Waals surface area contributed by atoms with Crippen molar-refractivity contribution in [2.24, 2.45) is 5.92 Å². The summed E-state index contributed by atoms with van der Waals surface area (Å²) in [5.74, 6) is 1.35. The van der Waals surface area contributed by atoms with Crippen molar-refractivity contribution >= 4 is 29.5 Å².